The topological polar surface area (TPSA) is 51.1 Å². The molecule has 0 N–H and O–H groups in total. The molecule has 0 spiro atoms. The molecule has 28 heavy (non-hydrogen) atoms. The molecule has 2 bridgehead atoms. The molecule has 3 aliphatic carbocycles. The van der Waals surface area contributed by atoms with Crippen LogP contribution >= 0.6 is 0 Å². The first-order valence-corrected chi connectivity index (χ1v) is 10.9. The number of rotatable bonds is 6. The minimum atomic E-state index is 0.0803. The summed E-state index contributed by atoms with van der Waals surface area (Å²) in [5.74, 6) is 2.33. The predicted molar refractivity (Wildman–Crippen MR) is 110 cm³/mol. The predicted octanol–water partition coefficient (Wildman–Crippen LogP) is 4.40. The maximum Gasteiger partial charge on any atom is 0.260 e. The Morgan fingerprint density at radius 3 is 2.43 bits per heavy atom. The van der Waals surface area contributed by atoms with Crippen molar-refractivity contribution in [2.45, 2.75) is 64.4 Å². The van der Waals surface area contributed by atoms with Gasteiger partial charge in [-0.25, -0.2) is 0 Å². The molecular weight excluding hydrogens is 352 g/mol. The number of ether oxygens (including phenoxy) is 1. The molecular formula is C23H32N2O3. The van der Waals surface area contributed by atoms with Crippen LogP contribution in [0.25, 0.3) is 0 Å². The van der Waals surface area contributed by atoms with Crippen molar-refractivity contribution in [3.05, 3.63) is 29.8 Å². The average Bonchev–Trinajstić information content (AvgIpc) is 2.77. The molecule has 4 fully saturated rings. The molecule has 1 aromatic rings. The number of amides is 1. The van der Waals surface area contributed by atoms with Crippen LogP contribution in [-0.4, -0.2) is 42.3 Å². The SMILES string of the molecule is CC(=NOC1CC2CCC1CC2)c1ccc(OCC(=O)N2CCCCC2)cc1. The van der Waals surface area contributed by atoms with E-state index in [2.05, 4.69) is 5.16 Å². The minimum Gasteiger partial charge on any atom is -0.484 e. The summed E-state index contributed by atoms with van der Waals surface area (Å²) in [7, 11) is 0. The summed E-state index contributed by atoms with van der Waals surface area (Å²) in [6.07, 6.45) is 10.2. The van der Waals surface area contributed by atoms with Gasteiger partial charge in [0.2, 0.25) is 0 Å². The van der Waals surface area contributed by atoms with E-state index in [0.717, 1.165) is 43.1 Å². The largest absolute Gasteiger partial charge is 0.484 e. The van der Waals surface area contributed by atoms with Crippen molar-refractivity contribution in [2.24, 2.45) is 17.0 Å². The molecule has 1 unspecified atom stereocenters. The van der Waals surface area contributed by atoms with Gasteiger partial charge in [0.15, 0.2) is 6.61 Å². The Morgan fingerprint density at radius 1 is 1.07 bits per heavy atom. The summed E-state index contributed by atoms with van der Waals surface area (Å²) < 4.78 is 5.68. The van der Waals surface area contributed by atoms with Gasteiger partial charge in [-0.2, -0.15) is 0 Å². The first-order valence-electron chi connectivity index (χ1n) is 10.9. The van der Waals surface area contributed by atoms with Crippen LogP contribution in [-0.2, 0) is 9.63 Å². The van der Waals surface area contributed by atoms with E-state index in [1.165, 1.54) is 38.5 Å². The molecule has 3 saturated carbocycles. The first kappa shape index (κ1) is 19.3. The third-order valence-electron chi connectivity index (χ3n) is 6.65. The van der Waals surface area contributed by atoms with Gasteiger partial charge in [0.05, 0.1) is 5.71 Å². The highest BCUT2D eigenvalue weighted by molar-refractivity contribution is 5.98. The molecule has 1 heterocycles. The standard InChI is InChI=1S/C23H32N2O3/c1-17(24-28-22-15-18-5-7-20(22)8-6-18)19-9-11-21(12-10-19)27-16-23(26)25-13-3-2-4-14-25/h9-12,18,20,22H,2-8,13-16H2,1H3. The number of carbonyl (C=O) groups is 1. The number of fused-ring (bicyclic) bond motifs is 3. The van der Waals surface area contributed by atoms with Crippen LogP contribution in [0.1, 0.15) is 63.9 Å². The molecule has 5 heteroatoms. The molecule has 0 radical (unpaired) electrons. The summed E-state index contributed by atoms with van der Waals surface area (Å²) in [4.78, 5) is 20.0. The summed E-state index contributed by atoms with van der Waals surface area (Å²) >= 11 is 0. The highest BCUT2D eigenvalue weighted by Crippen LogP contribution is 2.42. The van der Waals surface area contributed by atoms with Gasteiger partial charge in [0, 0.05) is 13.1 Å². The van der Waals surface area contributed by atoms with Crippen molar-refractivity contribution in [2.75, 3.05) is 19.7 Å². The van der Waals surface area contributed by atoms with Gasteiger partial charge in [0.1, 0.15) is 11.9 Å². The number of oxime groups is 1. The Kier molecular flexibility index (Phi) is 6.18. The second-order valence-electron chi connectivity index (χ2n) is 8.59. The lowest BCUT2D eigenvalue weighted by Gasteiger charge is -2.40. The highest BCUT2D eigenvalue weighted by atomic mass is 16.6. The number of piperidine rings is 1. The monoisotopic (exact) mass is 384 g/mol. The molecule has 5 rings (SSSR count). The van der Waals surface area contributed by atoms with Gasteiger partial charge in [-0.15, -0.1) is 0 Å². The molecule has 1 aliphatic heterocycles. The summed E-state index contributed by atoms with van der Waals surface area (Å²) in [5.41, 5.74) is 1.91. The number of likely N-dealkylation sites (tertiary alicyclic amines) is 1. The molecule has 1 saturated heterocycles. The third-order valence-corrected chi connectivity index (χ3v) is 6.65. The van der Waals surface area contributed by atoms with Crippen molar-refractivity contribution < 1.29 is 14.4 Å². The number of nitrogens with zero attached hydrogens (tertiary/aromatic N) is 2. The quantitative estimate of drug-likeness (QED) is 0.540. The maximum atomic E-state index is 12.2. The van der Waals surface area contributed by atoms with E-state index in [0.29, 0.717) is 17.8 Å². The minimum absolute atomic E-state index is 0.0803. The van der Waals surface area contributed by atoms with Crippen LogP contribution in [0.2, 0.25) is 0 Å². The van der Waals surface area contributed by atoms with Crippen LogP contribution in [0.4, 0.5) is 0 Å². The van der Waals surface area contributed by atoms with E-state index >= 15 is 0 Å². The van der Waals surface area contributed by atoms with E-state index in [1.807, 2.05) is 36.1 Å². The van der Waals surface area contributed by atoms with Crippen LogP contribution in [0.3, 0.4) is 0 Å². The fraction of sp³-hybridized carbons (Fsp3) is 0.652. The normalized spacial score (nSPS) is 27.5. The Balaban J connectivity index is 1.27. The van der Waals surface area contributed by atoms with Gasteiger partial charge < -0.3 is 14.5 Å². The van der Waals surface area contributed by atoms with Crippen LogP contribution in [0, 0.1) is 11.8 Å². The van der Waals surface area contributed by atoms with Gasteiger partial charge >= 0.3 is 0 Å². The summed E-state index contributed by atoms with van der Waals surface area (Å²) in [6.45, 7) is 3.81. The summed E-state index contributed by atoms with van der Waals surface area (Å²) in [6, 6.07) is 7.77. The Bertz CT molecular complexity index is 686. The number of benzene rings is 1. The fourth-order valence-electron chi connectivity index (χ4n) is 4.82. The Morgan fingerprint density at radius 2 is 1.79 bits per heavy atom. The average molecular weight is 385 g/mol. The van der Waals surface area contributed by atoms with Crippen molar-refractivity contribution in [3.63, 3.8) is 0 Å². The fourth-order valence-corrected chi connectivity index (χ4v) is 4.82. The van der Waals surface area contributed by atoms with Crippen molar-refractivity contribution in [3.8, 4) is 5.75 Å². The third kappa shape index (κ3) is 4.68. The Labute approximate surface area is 168 Å². The second-order valence-corrected chi connectivity index (χ2v) is 8.59. The zero-order valence-corrected chi connectivity index (χ0v) is 16.9. The van der Waals surface area contributed by atoms with Crippen LogP contribution in [0.5, 0.6) is 5.75 Å². The molecule has 1 aromatic carbocycles. The zero-order valence-electron chi connectivity index (χ0n) is 16.9. The summed E-state index contributed by atoms with van der Waals surface area (Å²) in [5, 5.41) is 4.42. The molecule has 1 amide bonds. The van der Waals surface area contributed by atoms with Crippen molar-refractivity contribution in [1.29, 1.82) is 0 Å². The van der Waals surface area contributed by atoms with Crippen molar-refractivity contribution in [1.82, 2.24) is 4.90 Å². The highest BCUT2D eigenvalue weighted by Gasteiger charge is 2.37. The Hall–Kier alpha value is -2.04. The number of carbonyl (C=O) groups excluding carboxylic acids is 1. The number of hydrogen-bond donors (Lipinski definition) is 0. The van der Waals surface area contributed by atoms with Crippen molar-refractivity contribution >= 4 is 11.6 Å². The first-order chi connectivity index (χ1) is 13.7. The molecule has 5 nitrogen and oxygen atoms in total. The lowest BCUT2D eigenvalue weighted by molar-refractivity contribution is -0.134. The lowest BCUT2D eigenvalue weighted by atomic mass is 9.69. The van der Waals surface area contributed by atoms with E-state index in [-0.39, 0.29) is 12.5 Å². The van der Waals surface area contributed by atoms with Crippen LogP contribution in [0.15, 0.2) is 29.4 Å². The van der Waals surface area contributed by atoms with Gasteiger partial charge in [-0.05, 0) is 100.0 Å². The van der Waals surface area contributed by atoms with Gasteiger partial charge in [-0.1, -0.05) is 5.16 Å². The number of hydrogen-bond acceptors (Lipinski definition) is 4. The smallest absolute Gasteiger partial charge is 0.260 e. The van der Waals surface area contributed by atoms with E-state index in [4.69, 9.17) is 9.57 Å². The van der Waals surface area contributed by atoms with Crippen LogP contribution < -0.4 is 4.74 Å². The molecule has 4 aliphatic rings. The maximum absolute atomic E-state index is 12.2. The molecule has 0 aromatic heterocycles. The zero-order chi connectivity index (χ0) is 19.3. The van der Waals surface area contributed by atoms with Gasteiger partial charge in [-0.3, -0.25) is 4.79 Å². The van der Waals surface area contributed by atoms with E-state index in [1.54, 1.807) is 0 Å². The second kappa shape index (κ2) is 8.97. The van der Waals surface area contributed by atoms with E-state index in [9.17, 15) is 4.79 Å². The van der Waals surface area contributed by atoms with E-state index < -0.39 is 0 Å². The molecule has 152 valence electrons. The lowest BCUT2D eigenvalue weighted by Crippen LogP contribution is -2.38. The molecule has 1 atom stereocenters. The van der Waals surface area contributed by atoms with Gasteiger partial charge in [0.25, 0.3) is 5.91 Å².